The van der Waals surface area contributed by atoms with E-state index in [1.807, 2.05) is 0 Å². The average molecular weight is 383 g/mol. The molecule has 2 aromatic carbocycles. The standard InChI is InChI=1S/C21H18FNO5/c1-27-14-5-2-4-12(10-14)18-17-19(25)15-11-13(22)6-7-16(15)28-20(17)21(26)23(18)8-3-9-24/h2,4-7,10-11,18,24H,3,8-9H2,1H3. The van der Waals surface area contributed by atoms with Gasteiger partial charge in [-0.25, -0.2) is 4.39 Å². The Morgan fingerprint density at radius 2 is 2.04 bits per heavy atom. The van der Waals surface area contributed by atoms with Gasteiger partial charge in [0.15, 0.2) is 5.43 Å². The highest BCUT2D eigenvalue weighted by atomic mass is 19.1. The smallest absolute Gasteiger partial charge is 0.290 e. The number of methoxy groups -OCH3 is 1. The molecule has 6 nitrogen and oxygen atoms in total. The molecule has 0 saturated carbocycles. The number of benzene rings is 2. The molecule has 1 aliphatic heterocycles. The number of amides is 1. The van der Waals surface area contributed by atoms with E-state index in [9.17, 15) is 19.1 Å². The molecule has 0 saturated heterocycles. The van der Waals surface area contributed by atoms with E-state index in [0.717, 1.165) is 6.07 Å². The maximum atomic E-state index is 13.7. The lowest BCUT2D eigenvalue weighted by Crippen LogP contribution is -2.31. The second-order valence-corrected chi connectivity index (χ2v) is 6.57. The minimum absolute atomic E-state index is 0.0464. The van der Waals surface area contributed by atoms with Crippen molar-refractivity contribution in [1.82, 2.24) is 4.90 Å². The van der Waals surface area contributed by atoms with Crippen molar-refractivity contribution in [2.75, 3.05) is 20.3 Å². The number of hydrogen-bond acceptors (Lipinski definition) is 5. The monoisotopic (exact) mass is 383 g/mol. The second kappa shape index (κ2) is 7.09. The zero-order valence-corrected chi connectivity index (χ0v) is 15.1. The molecule has 144 valence electrons. The van der Waals surface area contributed by atoms with Crippen LogP contribution in [0.5, 0.6) is 5.75 Å². The van der Waals surface area contributed by atoms with Crippen molar-refractivity contribution in [2.45, 2.75) is 12.5 Å². The maximum absolute atomic E-state index is 13.7. The van der Waals surface area contributed by atoms with Crippen LogP contribution in [0.2, 0.25) is 0 Å². The lowest BCUT2D eigenvalue weighted by Gasteiger charge is -2.25. The lowest BCUT2D eigenvalue weighted by atomic mass is 9.98. The maximum Gasteiger partial charge on any atom is 0.290 e. The van der Waals surface area contributed by atoms with Crippen molar-refractivity contribution in [1.29, 1.82) is 0 Å². The Kier molecular flexibility index (Phi) is 4.60. The van der Waals surface area contributed by atoms with Crippen LogP contribution in [0.25, 0.3) is 11.0 Å². The van der Waals surface area contributed by atoms with Crippen LogP contribution in [0.4, 0.5) is 4.39 Å². The molecule has 1 amide bonds. The highest BCUT2D eigenvalue weighted by Crippen LogP contribution is 2.39. The van der Waals surface area contributed by atoms with E-state index in [2.05, 4.69) is 0 Å². The normalized spacial score (nSPS) is 15.9. The number of aliphatic hydroxyl groups is 1. The molecule has 0 spiro atoms. The predicted octanol–water partition coefficient (Wildman–Crippen LogP) is 2.87. The fourth-order valence-corrected chi connectivity index (χ4v) is 3.62. The predicted molar refractivity (Wildman–Crippen MR) is 100 cm³/mol. The van der Waals surface area contributed by atoms with E-state index in [0.29, 0.717) is 17.7 Å². The van der Waals surface area contributed by atoms with Crippen LogP contribution < -0.4 is 10.2 Å². The van der Waals surface area contributed by atoms with Gasteiger partial charge >= 0.3 is 0 Å². The molecule has 3 aromatic rings. The van der Waals surface area contributed by atoms with Gasteiger partial charge < -0.3 is 19.2 Å². The van der Waals surface area contributed by atoms with Gasteiger partial charge in [-0.05, 0) is 42.3 Å². The SMILES string of the molecule is COc1cccc(C2c3c(oc4ccc(F)cc4c3=O)C(=O)N2CCCO)c1. The molecule has 1 aliphatic rings. The summed E-state index contributed by atoms with van der Waals surface area (Å²) in [7, 11) is 1.53. The summed E-state index contributed by atoms with van der Waals surface area (Å²) < 4.78 is 24.7. The van der Waals surface area contributed by atoms with Crippen LogP contribution in [-0.4, -0.2) is 36.2 Å². The molecule has 4 rings (SSSR count). The van der Waals surface area contributed by atoms with E-state index >= 15 is 0 Å². The summed E-state index contributed by atoms with van der Waals surface area (Å²) in [4.78, 5) is 27.7. The zero-order chi connectivity index (χ0) is 19.8. The van der Waals surface area contributed by atoms with Crippen LogP contribution >= 0.6 is 0 Å². The van der Waals surface area contributed by atoms with Crippen molar-refractivity contribution in [3.05, 3.63) is 75.4 Å². The van der Waals surface area contributed by atoms with Crippen molar-refractivity contribution in [3.8, 4) is 5.75 Å². The second-order valence-electron chi connectivity index (χ2n) is 6.57. The first-order chi connectivity index (χ1) is 13.5. The summed E-state index contributed by atoms with van der Waals surface area (Å²) in [5, 5.41) is 9.31. The summed E-state index contributed by atoms with van der Waals surface area (Å²) in [5.74, 6) is -0.453. The van der Waals surface area contributed by atoms with E-state index in [1.54, 1.807) is 24.3 Å². The molecule has 0 aliphatic carbocycles. The topological polar surface area (TPSA) is 80.0 Å². The van der Waals surface area contributed by atoms with Gasteiger partial charge in [-0.1, -0.05) is 12.1 Å². The van der Waals surface area contributed by atoms with Crippen molar-refractivity contribution >= 4 is 16.9 Å². The molecule has 1 aromatic heterocycles. The van der Waals surface area contributed by atoms with Crippen LogP contribution in [0, 0.1) is 5.82 Å². The number of carbonyl (C=O) groups is 1. The molecule has 2 heterocycles. The summed E-state index contributed by atoms with van der Waals surface area (Å²) in [6.07, 6.45) is 0.350. The Balaban J connectivity index is 1.97. The first kappa shape index (κ1) is 18.2. The number of nitrogens with zero attached hydrogens (tertiary/aromatic N) is 1. The van der Waals surface area contributed by atoms with E-state index in [-0.39, 0.29) is 35.4 Å². The third kappa shape index (κ3) is 2.84. The molecule has 0 bridgehead atoms. The molecule has 1 N–H and O–H groups in total. The van der Waals surface area contributed by atoms with Gasteiger partial charge in [0, 0.05) is 13.2 Å². The summed E-state index contributed by atoms with van der Waals surface area (Å²) >= 11 is 0. The first-order valence-corrected chi connectivity index (χ1v) is 8.87. The fraction of sp³-hybridized carbons (Fsp3) is 0.238. The molecule has 7 heteroatoms. The first-order valence-electron chi connectivity index (χ1n) is 8.87. The largest absolute Gasteiger partial charge is 0.497 e. The van der Waals surface area contributed by atoms with Crippen LogP contribution in [-0.2, 0) is 0 Å². The number of hydrogen-bond donors (Lipinski definition) is 1. The molecular weight excluding hydrogens is 365 g/mol. The van der Waals surface area contributed by atoms with Gasteiger partial charge in [0.2, 0.25) is 5.76 Å². The fourth-order valence-electron chi connectivity index (χ4n) is 3.62. The summed E-state index contributed by atoms with van der Waals surface area (Å²) in [5.41, 5.74) is 0.567. The number of carbonyl (C=O) groups excluding carboxylic acids is 1. The molecule has 1 atom stereocenters. The van der Waals surface area contributed by atoms with Gasteiger partial charge in [0.25, 0.3) is 5.91 Å². The van der Waals surface area contributed by atoms with Crippen LogP contribution in [0.15, 0.2) is 51.7 Å². The Labute approximate surface area is 159 Å². The summed E-state index contributed by atoms with van der Waals surface area (Å²) in [6.45, 7) is 0.144. The quantitative estimate of drug-likeness (QED) is 0.733. The third-order valence-corrected chi connectivity index (χ3v) is 4.89. The highest BCUT2D eigenvalue weighted by molar-refractivity contribution is 5.99. The van der Waals surface area contributed by atoms with E-state index in [1.165, 1.54) is 24.1 Å². The van der Waals surface area contributed by atoms with Gasteiger partial charge in [0.1, 0.15) is 17.1 Å². The number of ether oxygens (including phenoxy) is 1. The molecule has 1 unspecified atom stereocenters. The minimum atomic E-state index is -0.701. The third-order valence-electron chi connectivity index (χ3n) is 4.89. The minimum Gasteiger partial charge on any atom is -0.497 e. The molecular formula is C21H18FNO5. The van der Waals surface area contributed by atoms with Crippen molar-refractivity contribution in [3.63, 3.8) is 0 Å². The highest BCUT2D eigenvalue weighted by Gasteiger charge is 2.42. The van der Waals surface area contributed by atoms with Gasteiger partial charge in [-0.15, -0.1) is 0 Å². The van der Waals surface area contributed by atoms with E-state index in [4.69, 9.17) is 9.15 Å². The number of halogens is 1. The number of aliphatic hydroxyl groups excluding tert-OH is 1. The Morgan fingerprint density at radius 3 is 2.79 bits per heavy atom. The molecule has 28 heavy (non-hydrogen) atoms. The van der Waals surface area contributed by atoms with Gasteiger partial charge in [-0.2, -0.15) is 0 Å². The molecule has 0 fully saturated rings. The Morgan fingerprint density at radius 1 is 1.21 bits per heavy atom. The molecule has 0 radical (unpaired) electrons. The summed E-state index contributed by atoms with van der Waals surface area (Å²) in [6, 6.07) is 10.0. The lowest BCUT2D eigenvalue weighted by molar-refractivity contribution is 0.0716. The van der Waals surface area contributed by atoms with Gasteiger partial charge in [0.05, 0.1) is 24.1 Å². The van der Waals surface area contributed by atoms with Crippen molar-refractivity contribution < 1.29 is 23.4 Å². The Hall–Kier alpha value is -3.19. The number of fused-ring (bicyclic) bond motifs is 2. The van der Waals surface area contributed by atoms with E-state index < -0.39 is 23.2 Å². The van der Waals surface area contributed by atoms with Gasteiger partial charge in [-0.3, -0.25) is 9.59 Å². The zero-order valence-electron chi connectivity index (χ0n) is 15.1. The van der Waals surface area contributed by atoms with Crippen LogP contribution in [0.1, 0.15) is 34.1 Å². The number of rotatable bonds is 5. The average Bonchev–Trinajstić information content (AvgIpc) is 2.99. The van der Waals surface area contributed by atoms with Crippen molar-refractivity contribution in [2.24, 2.45) is 0 Å². The Bertz CT molecular complexity index is 1120. The van der Waals surface area contributed by atoms with Crippen LogP contribution in [0.3, 0.4) is 0 Å².